The van der Waals surface area contributed by atoms with Gasteiger partial charge >= 0.3 is 0 Å². The number of nitrogens with one attached hydrogen (secondary N) is 3. The summed E-state index contributed by atoms with van der Waals surface area (Å²) < 4.78 is 0. The third-order valence-corrected chi connectivity index (χ3v) is 5.09. The maximum absolute atomic E-state index is 12.7. The summed E-state index contributed by atoms with van der Waals surface area (Å²) >= 11 is 0. The third kappa shape index (κ3) is 4.03. The molecule has 9 heteroatoms. The molecule has 2 aliphatic heterocycles. The van der Waals surface area contributed by atoms with Gasteiger partial charge in [-0.2, -0.15) is 5.21 Å². The molecular formula is C17H24ClN7O. The number of benzene rings is 1. The van der Waals surface area contributed by atoms with E-state index in [0.717, 1.165) is 37.3 Å². The Morgan fingerprint density at radius 1 is 1.15 bits per heavy atom. The fourth-order valence-electron chi connectivity index (χ4n) is 3.81. The van der Waals surface area contributed by atoms with Crippen LogP contribution in [0.2, 0.25) is 0 Å². The summed E-state index contributed by atoms with van der Waals surface area (Å²) in [7, 11) is 0. The number of anilines is 1. The molecule has 3 heterocycles. The Hall–Kier alpha value is -2.03. The highest BCUT2D eigenvalue weighted by molar-refractivity contribution is 5.95. The highest BCUT2D eigenvalue weighted by Gasteiger charge is 2.36. The van der Waals surface area contributed by atoms with Gasteiger partial charge in [-0.1, -0.05) is 6.42 Å². The zero-order valence-corrected chi connectivity index (χ0v) is 15.3. The molecule has 0 radical (unpaired) electrons. The van der Waals surface area contributed by atoms with Gasteiger partial charge in [0.1, 0.15) is 6.04 Å². The Kier molecular flexibility index (Phi) is 6.18. The molecule has 0 unspecified atom stereocenters. The zero-order valence-electron chi connectivity index (χ0n) is 14.5. The Bertz CT molecular complexity index is 700. The number of nitrogens with zero attached hydrogens (tertiary/aromatic N) is 4. The number of rotatable bonds is 4. The van der Waals surface area contributed by atoms with Crippen molar-refractivity contribution in [2.75, 3.05) is 25.0 Å². The molecule has 2 aromatic rings. The molecule has 2 saturated heterocycles. The lowest BCUT2D eigenvalue weighted by atomic mass is 10.0. The van der Waals surface area contributed by atoms with E-state index in [1.807, 2.05) is 24.3 Å². The third-order valence-electron chi connectivity index (χ3n) is 5.09. The lowest BCUT2D eigenvalue weighted by Crippen LogP contribution is -2.51. The Morgan fingerprint density at radius 3 is 2.62 bits per heavy atom. The first-order valence-electron chi connectivity index (χ1n) is 8.93. The Morgan fingerprint density at radius 2 is 1.92 bits per heavy atom. The average molecular weight is 378 g/mol. The molecule has 2 atom stereocenters. The monoisotopic (exact) mass is 377 g/mol. The van der Waals surface area contributed by atoms with Crippen molar-refractivity contribution in [3.63, 3.8) is 0 Å². The molecule has 4 rings (SSSR count). The van der Waals surface area contributed by atoms with E-state index in [2.05, 4.69) is 36.2 Å². The van der Waals surface area contributed by atoms with E-state index in [-0.39, 0.29) is 24.4 Å². The summed E-state index contributed by atoms with van der Waals surface area (Å²) in [6.45, 7) is 3.11. The fourth-order valence-corrected chi connectivity index (χ4v) is 3.81. The van der Waals surface area contributed by atoms with E-state index >= 15 is 0 Å². The number of aromatic amines is 1. The molecule has 2 aliphatic rings. The average Bonchev–Trinajstić information content (AvgIpc) is 3.35. The largest absolute Gasteiger partial charge is 0.325 e. The highest BCUT2D eigenvalue weighted by atomic mass is 35.5. The molecule has 0 aliphatic carbocycles. The van der Waals surface area contributed by atoms with Gasteiger partial charge in [-0.3, -0.25) is 9.69 Å². The van der Waals surface area contributed by atoms with Crippen LogP contribution in [0.3, 0.4) is 0 Å². The van der Waals surface area contributed by atoms with Crippen molar-refractivity contribution in [2.45, 2.75) is 37.8 Å². The molecule has 2 fully saturated rings. The van der Waals surface area contributed by atoms with Crippen LogP contribution in [0, 0.1) is 0 Å². The van der Waals surface area contributed by atoms with E-state index in [1.165, 1.54) is 19.3 Å². The number of hydrogen-bond acceptors (Lipinski definition) is 6. The molecule has 3 N–H and O–H groups in total. The number of carbonyl (C=O) groups is 1. The van der Waals surface area contributed by atoms with Gasteiger partial charge in [0.25, 0.3) is 0 Å². The normalized spacial score (nSPS) is 23.4. The van der Waals surface area contributed by atoms with Crippen LogP contribution in [0.15, 0.2) is 24.3 Å². The second-order valence-corrected chi connectivity index (χ2v) is 6.69. The summed E-state index contributed by atoms with van der Waals surface area (Å²) in [4.78, 5) is 15.2. The number of halogens is 1. The first-order chi connectivity index (χ1) is 12.3. The van der Waals surface area contributed by atoms with E-state index in [0.29, 0.717) is 11.9 Å². The first-order valence-corrected chi connectivity index (χ1v) is 8.93. The minimum atomic E-state index is -0.144. The van der Waals surface area contributed by atoms with Gasteiger partial charge in [0.05, 0.1) is 0 Å². The van der Waals surface area contributed by atoms with Crippen molar-refractivity contribution in [3.05, 3.63) is 24.3 Å². The topological polar surface area (TPSA) is 98.8 Å². The van der Waals surface area contributed by atoms with Gasteiger partial charge in [-0.15, -0.1) is 22.6 Å². The number of tetrazole rings is 1. The standard InChI is InChI=1S/C17H23N7O.ClH/c25-17(15-14(8-9-18-15)24-10-2-1-3-11-24)19-13-6-4-12(5-7-13)16-20-22-23-21-16;/h4-7,14-15,18H,1-3,8-11H2,(H,19,25)(H,20,21,22,23);1H/t14-,15+;/m0./s1. The maximum atomic E-state index is 12.7. The number of carbonyl (C=O) groups excluding carboxylic acids is 1. The number of amides is 1. The minimum absolute atomic E-state index is 0. The maximum Gasteiger partial charge on any atom is 0.243 e. The van der Waals surface area contributed by atoms with Crippen molar-refractivity contribution in [2.24, 2.45) is 0 Å². The van der Waals surface area contributed by atoms with Crippen molar-refractivity contribution >= 4 is 24.0 Å². The van der Waals surface area contributed by atoms with E-state index in [1.54, 1.807) is 0 Å². The van der Waals surface area contributed by atoms with Crippen LogP contribution in [-0.2, 0) is 4.79 Å². The molecule has 1 aromatic carbocycles. The predicted octanol–water partition coefficient (Wildman–Crippen LogP) is 1.44. The van der Waals surface area contributed by atoms with Crippen molar-refractivity contribution < 1.29 is 4.79 Å². The molecule has 0 saturated carbocycles. The number of piperidine rings is 1. The van der Waals surface area contributed by atoms with Gasteiger partial charge in [-0.05, 0) is 68.4 Å². The lowest BCUT2D eigenvalue weighted by Gasteiger charge is -2.34. The molecule has 1 amide bonds. The van der Waals surface area contributed by atoms with Crippen LogP contribution in [0.4, 0.5) is 5.69 Å². The van der Waals surface area contributed by atoms with Gasteiger partial charge in [0.15, 0.2) is 0 Å². The van der Waals surface area contributed by atoms with Crippen molar-refractivity contribution in [1.29, 1.82) is 0 Å². The molecule has 26 heavy (non-hydrogen) atoms. The van der Waals surface area contributed by atoms with Crippen LogP contribution >= 0.6 is 12.4 Å². The van der Waals surface area contributed by atoms with E-state index in [9.17, 15) is 4.79 Å². The lowest BCUT2D eigenvalue weighted by molar-refractivity contribution is -0.119. The smallest absolute Gasteiger partial charge is 0.243 e. The quantitative estimate of drug-likeness (QED) is 0.745. The summed E-state index contributed by atoms with van der Waals surface area (Å²) in [6.07, 6.45) is 4.82. The minimum Gasteiger partial charge on any atom is -0.325 e. The SMILES string of the molecule is Cl.O=C(Nc1ccc(-c2nn[nH]n2)cc1)[C@@H]1NCC[C@@H]1N1CCCCC1. The van der Waals surface area contributed by atoms with Crippen LogP contribution in [-0.4, -0.2) is 63.1 Å². The molecule has 0 spiro atoms. The van der Waals surface area contributed by atoms with Crippen LogP contribution in [0.1, 0.15) is 25.7 Å². The molecule has 1 aromatic heterocycles. The van der Waals surface area contributed by atoms with Gasteiger partial charge in [0.2, 0.25) is 11.7 Å². The number of H-pyrrole nitrogens is 1. The van der Waals surface area contributed by atoms with Crippen molar-refractivity contribution in [1.82, 2.24) is 30.8 Å². The number of aromatic nitrogens is 4. The van der Waals surface area contributed by atoms with Gasteiger partial charge in [-0.25, -0.2) is 0 Å². The van der Waals surface area contributed by atoms with E-state index in [4.69, 9.17) is 0 Å². The Labute approximate surface area is 158 Å². The Balaban J connectivity index is 0.00000196. The zero-order chi connectivity index (χ0) is 17.1. The summed E-state index contributed by atoms with van der Waals surface area (Å²) in [6, 6.07) is 7.66. The summed E-state index contributed by atoms with van der Waals surface area (Å²) in [5.41, 5.74) is 1.64. The number of hydrogen-bond donors (Lipinski definition) is 3. The molecule has 8 nitrogen and oxygen atoms in total. The highest BCUT2D eigenvalue weighted by Crippen LogP contribution is 2.22. The fraction of sp³-hybridized carbons (Fsp3) is 0.529. The second-order valence-electron chi connectivity index (χ2n) is 6.69. The predicted molar refractivity (Wildman–Crippen MR) is 101 cm³/mol. The van der Waals surface area contributed by atoms with Gasteiger partial charge in [0, 0.05) is 17.3 Å². The summed E-state index contributed by atoms with van der Waals surface area (Å²) in [5, 5.41) is 20.3. The molecular weight excluding hydrogens is 354 g/mol. The second kappa shape index (κ2) is 8.57. The molecule has 0 bridgehead atoms. The van der Waals surface area contributed by atoms with Gasteiger partial charge < -0.3 is 10.6 Å². The van der Waals surface area contributed by atoms with Crippen LogP contribution < -0.4 is 10.6 Å². The van der Waals surface area contributed by atoms with E-state index < -0.39 is 0 Å². The van der Waals surface area contributed by atoms with Crippen molar-refractivity contribution in [3.8, 4) is 11.4 Å². The van der Waals surface area contributed by atoms with Crippen LogP contribution in [0.5, 0.6) is 0 Å². The first kappa shape index (κ1) is 18.8. The summed E-state index contributed by atoms with van der Waals surface area (Å²) in [5.74, 6) is 0.584. The van der Waals surface area contributed by atoms with Crippen LogP contribution in [0.25, 0.3) is 11.4 Å². The number of likely N-dealkylation sites (tertiary alicyclic amines) is 1. The molecule has 140 valence electrons.